The number of rotatable bonds is 2. The minimum absolute atomic E-state index is 0.156. The molecule has 0 unspecified atom stereocenters. The van der Waals surface area contributed by atoms with Gasteiger partial charge in [-0.2, -0.15) is 0 Å². The molecule has 0 aliphatic heterocycles. The number of primary amides is 1. The Bertz CT molecular complexity index is 104. The number of carbonyl (C=O) groups excluding carboxylic acids is 1. The minimum Gasteiger partial charge on any atom is -0.284 e. The van der Waals surface area contributed by atoms with Crippen molar-refractivity contribution < 1.29 is 14.6 Å². The van der Waals surface area contributed by atoms with Crippen LogP contribution in [0.15, 0.2) is 0 Å². The zero-order chi connectivity index (χ0) is 7.49. The molecule has 0 spiro atoms. The maximum Gasteiger partial charge on any atom is 0.311 e. The standard InChI is InChI=1S/C6H14N2O/c1-6(9)7-5-8(2,3)4/h5H2,1-4H3/p+2. The van der Waals surface area contributed by atoms with E-state index in [1.165, 1.54) is 0 Å². The topological polar surface area (TPSA) is 33.7 Å². The summed E-state index contributed by atoms with van der Waals surface area (Å²) in [6.07, 6.45) is 0. The first-order valence-electron chi connectivity index (χ1n) is 3.06. The third-order valence-electron chi connectivity index (χ3n) is 0.926. The van der Waals surface area contributed by atoms with E-state index in [1.54, 1.807) is 12.2 Å². The second-order valence-corrected chi connectivity index (χ2v) is 3.29. The van der Waals surface area contributed by atoms with Gasteiger partial charge in [0.25, 0.3) is 0 Å². The number of hydrogen-bond acceptors (Lipinski definition) is 1. The van der Waals surface area contributed by atoms with Crippen LogP contribution in [0.25, 0.3) is 0 Å². The van der Waals surface area contributed by atoms with Gasteiger partial charge in [0.05, 0.1) is 28.1 Å². The average Bonchev–Trinajstić information content (AvgIpc) is 1.59. The van der Waals surface area contributed by atoms with Gasteiger partial charge in [-0.05, 0) is 0 Å². The Morgan fingerprint density at radius 3 is 2.00 bits per heavy atom. The van der Waals surface area contributed by atoms with E-state index in [0.717, 1.165) is 11.2 Å². The lowest BCUT2D eigenvalue weighted by Gasteiger charge is -2.20. The molecule has 0 aromatic rings. The van der Waals surface area contributed by atoms with Crippen molar-refractivity contribution >= 4 is 5.91 Å². The van der Waals surface area contributed by atoms with Crippen molar-refractivity contribution in [1.82, 2.24) is 0 Å². The van der Waals surface area contributed by atoms with Gasteiger partial charge in [-0.1, -0.05) is 0 Å². The average molecular weight is 132 g/mol. The molecular weight excluding hydrogens is 116 g/mol. The zero-order valence-electron chi connectivity index (χ0n) is 6.64. The predicted molar refractivity (Wildman–Crippen MR) is 35.5 cm³/mol. The number of amides is 1. The zero-order valence-corrected chi connectivity index (χ0v) is 6.64. The Balaban J connectivity index is 3.39. The largest absolute Gasteiger partial charge is 0.311 e. The first-order chi connectivity index (χ1) is 3.92. The van der Waals surface area contributed by atoms with E-state index in [-0.39, 0.29) is 5.91 Å². The smallest absolute Gasteiger partial charge is 0.284 e. The minimum atomic E-state index is 0.156. The molecule has 0 aliphatic rings. The lowest BCUT2D eigenvalue weighted by Crippen LogP contribution is -2.91. The van der Waals surface area contributed by atoms with Crippen molar-refractivity contribution in [3.63, 3.8) is 0 Å². The fourth-order valence-corrected chi connectivity index (χ4v) is 0.402. The van der Waals surface area contributed by atoms with Crippen LogP contribution in [0.2, 0.25) is 0 Å². The first-order valence-corrected chi connectivity index (χ1v) is 3.06. The third kappa shape index (κ3) is 7.59. The highest BCUT2D eigenvalue weighted by molar-refractivity contribution is 5.61. The van der Waals surface area contributed by atoms with E-state index in [9.17, 15) is 4.79 Å². The Kier molecular flexibility index (Phi) is 2.81. The van der Waals surface area contributed by atoms with Gasteiger partial charge < -0.3 is 0 Å². The Hall–Kier alpha value is -0.410. The predicted octanol–water partition coefficient (Wildman–Crippen LogP) is -1.24. The molecular formula is C6H16N2O+2. The van der Waals surface area contributed by atoms with Gasteiger partial charge in [0.2, 0.25) is 6.67 Å². The van der Waals surface area contributed by atoms with Crippen LogP contribution in [-0.4, -0.2) is 38.2 Å². The molecule has 0 bridgehead atoms. The van der Waals surface area contributed by atoms with E-state index >= 15 is 0 Å². The van der Waals surface area contributed by atoms with Crippen LogP contribution in [0, 0.1) is 0 Å². The van der Waals surface area contributed by atoms with Crippen molar-refractivity contribution in [2.75, 3.05) is 27.8 Å². The quantitative estimate of drug-likeness (QED) is 0.370. The van der Waals surface area contributed by atoms with Gasteiger partial charge in [0, 0.05) is 0 Å². The van der Waals surface area contributed by atoms with Gasteiger partial charge in [0.1, 0.15) is 0 Å². The molecule has 54 valence electrons. The van der Waals surface area contributed by atoms with Crippen molar-refractivity contribution in [3.05, 3.63) is 0 Å². The molecule has 3 heteroatoms. The normalized spacial score (nSPS) is 11.6. The van der Waals surface area contributed by atoms with E-state index < -0.39 is 0 Å². The number of carbonyl (C=O) groups is 1. The number of nitrogens with two attached hydrogens (primary N) is 1. The summed E-state index contributed by atoms with van der Waals surface area (Å²) in [6, 6.07) is 0. The molecule has 0 aromatic heterocycles. The second-order valence-electron chi connectivity index (χ2n) is 3.29. The molecule has 0 heterocycles. The van der Waals surface area contributed by atoms with Crippen LogP contribution in [0.5, 0.6) is 0 Å². The maximum absolute atomic E-state index is 10.4. The molecule has 3 nitrogen and oxygen atoms in total. The van der Waals surface area contributed by atoms with E-state index in [1.807, 2.05) is 0 Å². The van der Waals surface area contributed by atoms with Crippen LogP contribution >= 0.6 is 0 Å². The molecule has 0 radical (unpaired) electrons. The Morgan fingerprint density at radius 1 is 1.44 bits per heavy atom. The number of hydrogen-bond donors (Lipinski definition) is 1. The molecule has 0 fully saturated rings. The van der Waals surface area contributed by atoms with Gasteiger partial charge in [-0.15, -0.1) is 0 Å². The van der Waals surface area contributed by atoms with Crippen LogP contribution in [0.1, 0.15) is 6.92 Å². The van der Waals surface area contributed by atoms with Gasteiger partial charge >= 0.3 is 5.91 Å². The van der Waals surface area contributed by atoms with Gasteiger partial charge in [-0.3, -0.25) is 4.48 Å². The molecule has 0 aromatic carbocycles. The summed E-state index contributed by atoms with van der Waals surface area (Å²) >= 11 is 0. The molecule has 1 amide bonds. The fourth-order valence-electron chi connectivity index (χ4n) is 0.402. The highest BCUT2D eigenvalue weighted by Crippen LogP contribution is 1.78. The van der Waals surface area contributed by atoms with E-state index in [4.69, 9.17) is 0 Å². The van der Waals surface area contributed by atoms with E-state index in [0.29, 0.717) is 0 Å². The van der Waals surface area contributed by atoms with Crippen molar-refractivity contribution in [3.8, 4) is 0 Å². The van der Waals surface area contributed by atoms with Crippen molar-refractivity contribution in [1.29, 1.82) is 0 Å². The molecule has 9 heavy (non-hydrogen) atoms. The van der Waals surface area contributed by atoms with E-state index in [2.05, 4.69) is 21.1 Å². The molecule has 0 saturated heterocycles. The Labute approximate surface area is 56.2 Å². The van der Waals surface area contributed by atoms with Crippen LogP contribution in [0.4, 0.5) is 0 Å². The number of quaternary nitrogens is 2. The second kappa shape index (κ2) is 2.94. The summed E-state index contributed by atoms with van der Waals surface area (Å²) in [6.45, 7) is 2.39. The summed E-state index contributed by atoms with van der Waals surface area (Å²) in [5.74, 6) is 0.156. The van der Waals surface area contributed by atoms with Gasteiger partial charge in [-0.25, -0.2) is 10.1 Å². The molecule has 0 atom stereocenters. The maximum atomic E-state index is 10.4. The van der Waals surface area contributed by atoms with Crippen LogP contribution in [0.3, 0.4) is 0 Å². The highest BCUT2D eigenvalue weighted by Gasteiger charge is 2.09. The molecule has 0 aliphatic carbocycles. The highest BCUT2D eigenvalue weighted by atomic mass is 16.1. The lowest BCUT2D eigenvalue weighted by molar-refractivity contribution is -0.961. The van der Waals surface area contributed by atoms with Gasteiger partial charge in [0.15, 0.2) is 0 Å². The summed E-state index contributed by atoms with van der Waals surface area (Å²) < 4.78 is 0.819. The molecule has 0 rings (SSSR count). The summed E-state index contributed by atoms with van der Waals surface area (Å²) in [5, 5.41) is 1.71. The fraction of sp³-hybridized carbons (Fsp3) is 0.833. The molecule has 2 N–H and O–H groups in total. The van der Waals surface area contributed by atoms with Crippen molar-refractivity contribution in [2.45, 2.75) is 6.92 Å². The van der Waals surface area contributed by atoms with Crippen molar-refractivity contribution in [2.24, 2.45) is 0 Å². The third-order valence-corrected chi connectivity index (χ3v) is 0.926. The number of nitrogens with zero attached hydrogens (tertiary/aromatic N) is 1. The first kappa shape index (κ1) is 8.59. The van der Waals surface area contributed by atoms with Crippen LogP contribution in [-0.2, 0) is 4.79 Å². The summed E-state index contributed by atoms with van der Waals surface area (Å²) in [7, 11) is 6.17. The monoisotopic (exact) mass is 132 g/mol. The summed E-state index contributed by atoms with van der Waals surface area (Å²) in [5.41, 5.74) is 0. The SMILES string of the molecule is CC(=O)[NH2+]C[N+](C)(C)C. The Morgan fingerprint density at radius 2 is 1.89 bits per heavy atom. The molecule has 0 saturated carbocycles. The van der Waals surface area contributed by atoms with Crippen LogP contribution < -0.4 is 5.32 Å². The lowest BCUT2D eigenvalue weighted by atomic mass is 10.6. The summed E-state index contributed by atoms with van der Waals surface area (Å²) in [4.78, 5) is 10.4.